The lowest BCUT2D eigenvalue weighted by Gasteiger charge is -2.43. The lowest BCUT2D eigenvalue weighted by Crippen LogP contribution is -2.48. The fraction of sp³-hybridized carbons (Fsp3) is 0.333. The topological polar surface area (TPSA) is 60.2 Å². The number of guanidine groups is 1. The van der Waals surface area contributed by atoms with Crippen LogP contribution in [0.3, 0.4) is 0 Å². The van der Waals surface area contributed by atoms with E-state index in [9.17, 15) is 4.39 Å². The number of halogens is 2. The van der Waals surface area contributed by atoms with Crippen molar-refractivity contribution in [2.45, 2.75) is 31.2 Å². The average molecular weight is 478 g/mol. The number of nitriles is 1. The number of rotatable bonds is 5. The van der Waals surface area contributed by atoms with Gasteiger partial charge in [0, 0.05) is 31.1 Å². The van der Waals surface area contributed by atoms with E-state index >= 15 is 0 Å². The van der Waals surface area contributed by atoms with Crippen LogP contribution in [0.25, 0.3) is 0 Å². The molecule has 0 aliphatic heterocycles. The predicted octanol–water partition coefficient (Wildman–Crippen LogP) is 4.10. The maximum atomic E-state index is 13.9. The third-order valence-electron chi connectivity index (χ3n) is 5.14. The minimum absolute atomic E-state index is 0. The summed E-state index contributed by atoms with van der Waals surface area (Å²) in [4.78, 5) is 4.24. The fourth-order valence-electron chi connectivity index (χ4n) is 3.40. The van der Waals surface area contributed by atoms with Crippen LogP contribution >= 0.6 is 24.0 Å². The van der Waals surface area contributed by atoms with Crippen molar-refractivity contribution in [3.8, 4) is 6.07 Å². The van der Waals surface area contributed by atoms with Gasteiger partial charge in [0.25, 0.3) is 0 Å². The molecule has 1 saturated carbocycles. The highest BCUT2D eigenvalue weighted by atomic mass is 127. The van der Waals surface area contributed by atoms with Crippen LogP contribution in [-0.4, -0.2) is 19.6 Å². The Labute approximate surface area is 176 Å². The molecule has 0 amide bonds. The van der Waals surface area contributed by atoms with Gasteiger partial charge in [-0.15, -0.1) is 24.0 Å². The van der Waals surface area contributed by atoms with E-state index in [1.807, 2.05) is 12.1 Å². The number of nitrogens with zero attached hydrogens (tertiary/aromatic N) is 2. The van der Waals surface area contributed by atoms with Gasteiger partial charge in [0.2, 0.25) is 0 Å². The molecule has 2 aromatic rings. The molecule has 0 radical (unpaired) electrons. The normalized spacial score (nSPS) is 15.1. The third-order valence-corrected chi connectivity index (χ3v) is 5.14. The van der Waals surface area contributed by atoms with Crippen molar-refractivity contribution < 1.29 is 4.39 Å². The molecule has 1 aliphatic carbocycles. The van der Waals surface area contributed by atoms with Gasteiger partial charge in [0.05, 0.1) is 11.6 Å². The number of aliphatic imine (C=N–C) groups is 1. The Morgan fingerprint density at radius 1 is 1.19 bits per heavy atom. The Kier molecular flexibility index (Phi) is 7.60. The van der Waals surface area contributed by atoms with Crippen LogP contribution in [0.15, 0.2) is 53.5 Å². The largest absolute Gasteiger partial charge is 0.356 e. The van der Waals surface area contributed by atoms with Gasteiger partial charge in [-0.05, 0) is 36.6 Å². The van der Waals surface area contributed by atoms with Gasteiger partial charge in [-0.25, -0.2) is 4.39 Å². The standard InChI is InChI=1S/C21H23FN4.HI/c1-24-20(25-14-17-12-16(13-23)8-9-19(17)22)26-15-21(10-5-11-21)18-6-3-2-4-7-18;/h2-4,6-9,12H,5,10-11,14-15H2,1H3,(H2,24,25,26);1H. The first kappa shape index (κ1) is 21.2. The van der Waals surface area contributed by atoms with E-state index in [1.165, 1.54) is 24.1 Å². The molecule has 1 aliphatic rings. The van der Waals surface area contributed by atoms with Crippen LogP contribution in [0.5, 0.6) is 0 Å². The van der Waals surface area contributed by atoms with Gasteiger partial charge < -0.3 is 10.6 Å². The van der Waals surface area contributed by atoms with Crippen molar-refractivity contribution in [3.05, 3.63) is 71.0 Å². The molecule has 0 aromatic heterocycles. The minimum Gasteiger partial charge on any atom is -0.356 e. The van der Waals surface area contributed by atoms with Gasteiger partial charge in [-0.3, -0.25) is 4.99 Å². The van der Waals surface area contributed by atoms with Gasteiger partial charge in [-0.1, -0.05) is 36.8 Å². The van der Waals surface area contributed by atoms with Gasteiger partial charge in [-0.2, -0.15) is 5.26 Å². The van der Waals surface area contributed by atoms with E-state index in [0.29, 0.717) is 17.1 Å². The number of nitrogens with one attached hydrogen (secondary N) is 2. The highest BCUT2D eigenvalue weighted by Gasteiger charge is 2.38. The first-order chi connectivity index (χ1) is 12.7. The van der Waals surface area contributed by atoms with Crippen molar-refractivity contribution in [2.75, 3.05) is 13.6 Å². The molecule has 0 spiro atoms. The molecule has 0 bridgehead atoms. The summed E-state index contributed by atoms with van der Waals surface area (Å²) in [5.74, 6) is 0.306. The summed E-state index contributed by atoms with van der Waals surface area (Å²) in [5, 5.41) is 15.5. The lowest BCUT2D eigenvalue weighted by atomic mass is 9.64. The molecule has 6 heteroatoms. The lowest BCUT2D eigenvalue weighted by molar-refractivity contribution is 0.244. The summed E-state index contributed by atoms with van der Waals surface area (Å²) >= 11 is 0. The van der Waals surface area contributed by atoms with Crippen LogP contribution in [0.1, 0.15) is 36.0 Å². The first-order valence-corrected chi connectivity index (χ1v) is 8.85. The molecule has 142 valence electrons. The van der Waals surface area contributed by atoms with Crippen molar-refractivity contribution >= 4 is 29.9 Å². The van der Waals surface area contributed by atoms with Crippen molar-refractivity contribution in [1.29, 1.82) is 5.26 Å². The Bertz CT molecular complexity index is 826. The van der Waals surface area contributed by atoms with Crippen LogP contribution in [-0.2, 0) is 12.0 Å². The second-order valence-corrected chi connectivity index (χ2v) is 6.70. The Morgan fingerprint density at radius 2 is 1.93 bits per heavy atom. The van der Waals surface area contributed by atoms with E-state index in [2.05, 4.69) is 39.9 Å². The molecule has 1 fully saturated rings. The van der Waals surface area contributed by atoms with E-state index in [4.69, 9.17) is 5.26 Å². The van der Waals surface area contributed by atoms with E-state index in [1.54, 1.807) is 13.1 Å². The number of benzene rings is 2. The molecule has 0 unspecified atom stereocenters. The second kappa shape index (κ2) is 9.70. The van der Waals surface area contributed by atoms with E-state index in [-0.39, 0.29) is 41.8 Å². The van der Waals surface area contributed by atoms with Crippen LogP contribution in [0.2, 0.25) is 0 Å². The van der Waals surface area contributed by atoms with Gasteiger partial charge in [0.1, 0.15) is 5.82 Å². The molecule has 0 atom stereocenters. The van der Waals surface area contributed by atoms with Crippen molar-refractivity contribution in [1.82, 2.24) is 10.6 Å². The van der Waals surface area contributed by atoms with Gasteiger partial charge in [0.15, 0.2) is 5.96 Å². The summed E-state index contributed by atoms with van der Waals surface area (Å²) in [6.07, 6.45) is 3.54. The Balaban J connectivity index is 0.00000261. The summed E-state index contributed by atoms with van der Waals surface area (Å²) in [7, 11) is 1.70. The van der Waals surface area contributed by atoms with Gasteiger partial charge >= 0.3 is 0 Å². The molecular formula is C21H24FIN4. The molecule has 2 aromatic carbocycles. The number of hydrogen-bond donors (Lipinski definition) is 2. The maximum absolute atomic E-state index is 13.9. The Hall–Kier alpha value is -2.14. The predicted molar refractivity (Wildman–Crippen MR) is 117 cm³/mol. The summed E-state index contributed by atoms with van der Waals surface area (Å²) in [6, 6.07) is 16.9. The number of hydrogen-bond acceptors (Lipinski definition) is 2. The second-order valence-electron chi connectivity index (χ2n) is 6.70. The molecular weight excluding hydrogens is 454 g/mol. The van der Waals surface area contributed by atoms with E-state index < -0.39 is 0 Å². The minimum atomic E-state index is -0.327. The Morgan fingerprint density at radius 3 is 2.52 bits per heavy atom. The average Bonchev–Trinajstić information content (AvgIpc) is 2.65. The summed E-state index contributed by atoms with van der Waals surface area (Å²) in [6.45, 7) is 1.07. The molecule has 0 saturated heterocycles. The smallest absolute Gasteiger partial charge is 0.191 e. The molecule has 27 heavy (non-hydrogen) atoms. The zero-order valence-electron chi connectivity index (χ0n) is 15.3. The fourth-order valence-corrected chi connectivity index (χ4v) is 3.40. The van der Waals surface area contributed by atoms with Crippen LogP contribution < -0.4 is 10.6 Å². The van der Waals surface area contributed by atoms with E-state index in [0.717, 1.165) is 19.4 Å². The quantitative estimate of drug-likeness (QED) is 0.387. The summed E-state index contributed by atoms with van der Waals surface area (Å²) in [5.41, 5.74) is 2.39. The van der Waals surface area contributed by atoms with Crippen molar-refractivity contribution in [2.24, 2.45) is 4.99 Å². The molecule has 2 N–H and O–H groups in total. The molecule has 4 nitrogen and oxygen atoms in total. The highest BCUT2D eigenvalue weighted by molar-refractivity contribution is 14.0. The van der Waals surface area contributed by atoms with Crippen LogP contribution in [0.4, 0.5) is 4.39 Å². The maximum Gasteiger partial charge on any atom is 0.191 e. The molecule has 3 rings (SSSR count). The highest BCUT2D eigenvalue weighted by Crippen LogP contribution is 2.43. The zero-order chi connectivity index (χ0) is 18.4. The first-order valence-electron chi connectivity index (χ1n) is 8.85. The third kappa shape index (κ3) is 4.98. The monoisotopic (exact) mass is 478 g/mol. The van der Waals surface area contributed by atoms with Crippen LogP contribution in [0, 0.1) is 17.1 Å². The summed E-state index contributed by atoms with van der Waals surface area (Å²) < 4.78 is 13.9. The SMILES string of the molecule is CN=C(NCc1cc(C#N)ccc1F)NCC1(c2ccccc2)CCC1.I. The zero-order valence-corrected chi connectivity index (χ0v) is 17.7. The van der Waals surface area contributed by atoms with Crippen molar-refractivity contribution in [3.63, 3.8) is 0 Å². The molecule has 0 heterocycles.